The Morgan fingerprint density at radius 2 is 1.93 bits per heavy atom. The van der Waals surface area contributed by atoms with Crippen molar-refractivity contribution >= 4 is 12.6 Å². The molecule has 0 heterocycles. The van der Waals surface area contributed by atoms with Gasteiger partial charge in [0.05, 0.1) is 0 Å². The molecule has 0 N–H and O–H groups in total. The monoisotopic (exact) mass is 229 g/mol. The van der Waals surface area contributed by atoms with E-state index >= 15 is 0 Å². The van der Waals surface area contributed by atoms with Crippen LogP contribution in [0.25, 0.3) is 0 Å². The summed E-state index contributed by atoms with van der Waals surface area (Å²) < 4.78 is 0. The Morgan fingerprint density at radius 3 is 2.33 bits per heavy atom. The van der Waals surface area contributed by atoms with E-state index in [4.69, 9.17) is 0 Å². The number of thiol groups is 1. The first-order valence-electron chi connectivity index (χ1n) is 6.29. The highest BCUT2D eigenvalue weighted by Gasteiger charge is 2.32. The third kappa shape index (κ3) is 5.26. The van der Waals surface area contributed by atoms with Crippen LogP contribution < -0.4 is 0 Å². The first-order valence-corrected chi connectivity index (χ1v) is 6.93. The Balaban J connectivity index is 2.37. The van der Waals surface area contributed by atoms with Gasteiger partial charge in [0.1, 0.15) is 0 Å². The van der Waals surface area contributed by atoms with Crippen LogP contribution in [0, 0.1) is 11.3 Å². The smallest absolute Gasteiger partial charge is 0.00966 e. The Hall–Kier alpha value is 0.310. The molecule has 0 amide bonds. The largest absolute Gasteiger partial charge is 0.300 e. The van der Waals surface area contributed by atoms with Gasteiger partial charge in [-0.3, -0.25) is 4.90 Å². The highest BCUT2D eigenvalue weighted by atomic mass is 32.1. The third-order valence-corrected chi connectivity index (χ3v) is 3.97. The van der Waals surface area contributed by atoms with Crippen molar-refractivity contribution in [2.45, 2.75) is 53.0 Å². The van der Waals surface area contributed by atoms with Crippen LogP contribution >= 0.6 is 12.6 Å². The first-order chi connectivity index (χ1) is 6.94. The number of hydrogen-bond donors (Lipinski definition) is 1. The van der Waals surface area contributed by atoms with Gasteiger partial charge < -0.3 is 0 Å². The summed E-state index contributed by atoms with van der Waals surface area (Å²) in [6, 6.07) is 0.892. The molecule has 2 heteroatoms. The molecule has 1 nitrogen and oxygen atoms in total. The zero-order valence-electron chi connectivity index (χ0n) is 10.8. The van der Waals surface area contributed by atoms with Crippen molar-refractivity contribution in [3.63, 3.8) is 0 Å². The van der Waals surface area contributed by atoms with E-state index in [0.29, 0.717) is 5.41 Å². The van der Waals surface area contributed by atoms with Crippen LogP contribution in [0.4, 0.5) is 0 Å². The first kappa shape index (κ1) is 13.4. The van der Waals surface area contributed by atoms with Crippen LogP contribution in [0.1, 0.15) is 47.0 Å². The average molecular weight is 229 g/mol. The molecule has 1 aliphatic carbocycles. The maximum atomic E-state index is 4.45. The SMILES string of the molecule is CC(C)CCN(CC(C)(C)CS)C1CC1. The molecule has 0 aromatic carbocycles. The average Bonchev–Trinajstić information content (AvgIpc) is 2.95. The van der Waals surface area contributed by atoms with Gasteiger partial charge in [0.25, 0.3) is 0 Å². The predicted octanol–water partition coefficient (Wildman–Crippen LogP) is 3.45. The molecular weight excluding hydrogens is 202 g/mol. The molecule has 90 valence electrons. The van der Waals surface area contributed by atoms with Crippen LogP contribution in [-0.2, 0) is 0 Å². The number of hydrogen-bond acceptors (Lipinski definition) is 2. The van der Waals surface area contributed by atoms with Gasteiger partial charge in [-0.25, -0.2) is 0 Å². The summed E-state index contributed by atoms with van der Waals surface area (Å²) in [4.78, 5) is 2.69. The molecule has 0 aromatic heterocycles. The zero-order chi connectivity index (χ0) is 11.5. The summed E-state index contributed by atoms with van der Waals surface area (Å²) in [7, 11) is 0. The van der Waals surface area contributed by atoms with Crippen molar-refractivity contribution in [2.75, 3.05) is 18.8 Å². The van der Waals surface area contributed by atoms with Crippen LogP contribution in [0.2, 0.25) is 0 Å². The second-order valence-corrected chi connectivity index (χ2v) is 6.52. The summed E-state index contributed by atoms with van der Waals surface area (Å²) in [5.41, 5.74) is 0.364. The normalized spacial score (nSPS) is 17.8. The minimum absolute atomic E-state index is 0.364. The second kappa shape index (κ2) is 5.58. The highest BCUT2D eigenvalue weighted by Crippen LogP contribution is 2.31. The van der Waals surface area contributed by atoms with Crippen molar-refractivity contribution in [2.24, 2.45) is 11.3 Å². The van der Waals surface area contributed by atoms with E-state index in [-0.39, 0.29) is 0 Å². The summed E-state index contributed by atoms with van der Waals surface area (Å²) in [6.45, 7) is 11.8. The molecule has 0 unspecified atom stereocenters. The van der Waals surface area contributed by atoms with Gasteiger partial charge in [0, 0.05) is 12.6 Å². The van der Waals surface area contributed by atoms with E-state index in [0.717, 1.165) is 17.7 Å². The Labute approximate surface area is 101 Å². The molecule has 0 bridgehead atoms. The van der Waals surface area contributed by atoms with Crippen LogP contribution in [-0.4, -0.2) is 29.8 Å². The van der Waals surface area contributed by atoms with Gasteiger partial charge in [0.15, 0.2) is 0 Å². The van der Waals surface area contributed by atoms with Gasteiger partial charge in [-0.1, -0.05) is 27.7 Å². The van der Waals surface area contributed by atoms with E-state index in [9.17, 15) is 0 Å². The highest BCUT2D eigenvalue weighted by molar-refractivity contribution is 7.80. The quantitative estimate of drug-likeness (QED) is 0.654. The molecule has 1 aliphatic rings. The van der Waals surface area contributed by atoms with E-state index in [1.165, 1.54) is 32.4 Å². The van der Waals surface area contributed by atoms with E-state index in [2.05, 4.69) is 45.2 Å². The lowest BCUT2D eigenvalue weighted by atomic mass is 9.95. The molecule has 0 aromatic rings. The Morgan fingerprint density at radius 1 is 1.33 bits per heavy atom. The van der Waals surface area contributed by atoms with Crippen molar-refractivity contribution in [1.82, 2.24) is 4.90 Å². The van der Waals surface area contributed by atoms with Crippen molar-refractivity contribution in [3.8, 4) is 0 Å². The second-order valence-electron chi connectivity index (χ2n) is 6.21. The van der Waals surface area contributed by atoms with Gasteiger partial charge >= 0.3 is 0 Å². The van der Waals surface area contributed by atoms with Crippen molar-refractivity contribution < 1.29 is 0 Å². The summed E-state index contributed by atoms with van der Waals surface area (Å²) in [6.07, 6.45) is 4.17. The van der Waals surface area contributed by atoms with Crippen LogP contribution in [0.5, 0.6) is 0 Å². The molecule has 0 spiro atoms. The fraction of sp³-hybridized carbons (Fsp3) is 1.00. The van der Waals surface area contributed by atoms with Gasteiger partial charge in [0.2, 0.25) is 0 Å². The van der Waals surface area contributed by atoms with Crippen molar-refractivity contribution in [3.05, 3.63) is 0 Å². The molecule has 1 rings (SSSR count). The Kier molecular flexibility index (Phi) is 4.98. The molecular formula is C13H27NS. The van der Waals surface area contributed by atoms with E-state index in [1.807, 2.05) is 0 Å². The summed E-state index contributed by atoms with van der Waals surface area (Å²) in [5.74, 6) is 1.81. The van der Waals surface area contributed by atoms with Gasteiger partial charge in [-0.15, -0.1) is 0 Å². The zero-order valence-corrected chi connectivity index (χ0v) is 11.7. The lowest BCUT2D eigenvalue weighted by molar-refractivity contribution is 0.178. The lowest BCUT2D eigenvalue weighted by Gasteiger charge is -2.32. The minimum atomic E-state index is 0.364. The molecule has 15 heavy (non-hydrogen) atoms. The number of nitrogens with zero attached hydrogens (tertiary/aromatic N) is 1. The maximum absolute atomic E-state index is 4.45. The van der Waals surface area contributed by atoms with E-state index in [1.54, 1.807) is 0 Å². The number of rotatable bonds is 7. The molecule has 1 saturated carbocycles. The molecule has 0 saturated heterocycles. The van der Waals surface area contributed by atoms with E-state index < -0.39 is 0 Å². The summed E-state index contributed by atoms with van der Waals surface area (Å²) in [5, 5.41) is 0. The predicted molar refractivity (Wildman–Crippen MR) is 71.7 cm³/mol. The molecule has 0 radical (unpaired) electrons. The van der Waals surface area contributed by atoms with Crippen molar-refractivity contribution in [1.29, 1.82) is 0 Å². The Bertz CT molecular complexity index is 185. The maximum Gasteiger partial charge on any atom is 0.00966 e. The standard InChI is InChI=1S/C13H27NS/c1-11(2)7-8-14(12-5-6-12)9-13(3,4)10-15/h11-12,15H,5-10H2,1-4H3. The molecule has 0 aliphatic heterocycles. The molecule has 1 fully saturated rings. The minimum Gasteiger partial charge on any atom is -0.300 e. The third-order valence-electron chi connectivity index (χ3n) is 3.12. The lowest BCUT2D eigenvalue weighted by Crippen LogP contribution is -2.38. The van der Waals surface area contributed by atoms with Crippen LogP contribution in [0.15, 0.2) is 0 Å². The fourth-order valence-corrected chi connectivity index (χ4v) is 1.95. The van der Waals surface area contributed by atoms with Gasteiger partial charge in [-0.2, -0.15) is 12.6 Å². The van der Waals surface area contributed by atoms with Gasteiger partial charge in [-0.05, 0) is 42.9 Å². The van der Waals surface area contributed by atoms with Crippen LogP contribution in [0.3, 0.4) is 0 Å². The summed E-state index contributed by atoms with van der Waals surface area (Å²) >= 11 is 4.45. The molecule has 0 atom stereocenters. The fourth-order valence-electron chi connectivity index (χ4n) is 1.85. The topological polar surface area (TPSA) is 3.24 Å².